The van der Waals surface area contributed by atoms with Gasteiger partial charge < -0.3 is 45.8 Å². The Morgan fingerprint density at radius 1 is 1.14 bits per heavy atom. The van der Waals surface area contributed by atoms with Crippen molar-refractivity contribution in [3.05, 3.63) is 0 Å². The standard InChI is InChI=1S/C11H21NO9/c13-3-4-7(16)5(14)1-12(4)2-6(15)8(17)9(18)10(19)11(20)21/h4-10,13-19H,1-3H2,(H,20,21)/p+1/t4-,5-,6+,7-,8-,9+,10+/m1/s1. The predicted octanol–water partition coefficient (Wildman–Crippen LogP) is -6.50. The highest BCUT2D eigenvalue weighted by Crippen LogP contribution is 2.07. The van der Waals surface area contributed by atoms with Crippen LogP contribution in [0.25, 0.3) is 0 Å². The highest BCUT2D eigenvalue weighted by Gasteiger charge is 2.45. The van der Waals surface area contributed by atoms with E-state index < -0.39 is 55.2 Å². The summed E-state index contributed by atoms with van der Waals surface area (Å²) in [5, 5.41) is 74.7. The largest absolute Gasteiger partial charge is 0.479 e. The summed E-state index contributed by atoms with van der Waals surface area (Å²) in [6.07, 6.45) is -10.2. The normalized spacial score (nSPS) is 35.2. The number of hydrogen-bond acceptors (Lipinski definition) is 8. The van der Waals surface area contributed by atoms with E-state index in [1.54, 1.807) is 0 Å². The molecular formula is C11H22NO9+. The molecule has 0 radical (unpaired) electrons. The van der Waals surface area contributed by atoms with Crippen molar-refractivity contribution >= 4 is 5.97 Å². The molecule has 0 spiro atoms. The van der Waals surface area contributed by atoms with E-state index in [1.807, 2.05) is 0 Å². The summed E-state index contributed by atoms with van der Waals surface area (Å²) in [6.45, 7) is -0.714. The van der Waals surface area contributed by atoms with Crippen molar-refractivity contribution in [3.63, 3.8) is 0 Å². The quantitative estimate of drug-likeness (QED) is 0.220. The van der Waals surface area contributed by atoms with Crippen molar-refractivity contribution in [2.24, 2.45) is 0 Å². The van der Waals surface area contributed by atoms with Crippen LogP contribution in [0.3, 0.4) is 0 Å². The molecule has 1 aliphatic rings. The van der Waals surface area contributed by atoms with E-state index in [1.165, 1.54) is 0 Å². The number of rotatable bonds is 7. The van der Waals surface area contributed by atoms with Gasteiger partial charge in [0, 0.05) is 0 Å². The van der Waals surface area contributed by atoms with Gasteiger partial charge in [0.1, 0.15) is 49.7 Å². The number of quaternary nitrogens is 1. The fourth-order valence-electron chi connectivity index (χ4n) is 2.47. The Labute approximate surface area is 120 Å². The molecule has 1 saturated heterocycles. The lowest BCUT2D eigenvalue weighted by atomic mass is 10.0. The fourth-order valence-corrected chi connectivity index (χ4v) is 2.47. The number of nitrogens with one attached hydrogen (secondary N) is 1. The van der Waals surface area contributed by atoms with Gasteiger partial charge in [-0.1, -0.05) is 0 Å². The molecule has 1 rings (SSSR count). The molecule has 0 amide bonds. The first-order chi connectivity index (χ1) is 9.70. The second kappa shape index (κ2) is 7.42. The molecule has 1 unspecified atom stereocenters. The topological polar surface area (TPSA) is 183 Å². The van der Waals surface area contributed by atoms with Crippen LogP contribution in [-0.2, 0) is 4.79 Å². The molecule has 0 saturated carbocycles. The number of hydrogen-bond donors (Lipinski definition) is 9. The number of aliphatic hydroxyl groups is 7. The van der Waals surface area contributed by atoms with Crippen molar-refractivity contribution in [1.82, 2.24) is 0 Å². The van der Waals surface area contributed by atoms with E-state index in [0.29, 0.717) is 4.90 Å². The lowest BCUT2D eigenvalue weighted by Crippen LogP contribution is -3.16. The third kappa shape index (κ3) is 4.08. The summed E-state index contributed by atoms with van der Waals surface area (Å²) in [6, 6.07) is -0.775. The summed E-state index contributed by atoms with van der Waals surface area (Å²) >= 11 is 0. The van der Waals surface area contributed by atoms with Crippen LogP contribution in [0.15, 0.2) is 0 Å². The van der Waals surface area contributed by atoms with E-state index in [-0.39, 0.29) is 13.1 Å². The van der Waals surface area contributed by atoms with Gasteiger partial charge in [0.25, 0.3) is 0 Å². The van der Waals surface area contributed by atoms with Crippen LogP contribution in [0.5, 0.6) is 0 Å². The van der Waals surface area contributed by atoms with Gasteiger partial charge in [-0.2, -0.15) is 0 Å². The molecule has 9 N–H and O–H groups in total. The molecule has 124 valence electrons. The molecule has 0 aromatic carbocycles. The SMILES string of the molecule is O=C(O)[C@@H](O)[C@@H](O)[C@H](O)[C@@H](O)C[NH+]1C[C@@H](O)[C@H](O)[C@H]1CO. The number of carbonyl (C=O) groups is 1. The lowest BCUT2D eigenvalue weighted by Gasteiger charge is -2.28. The zero-order valence-corrected chi connectivity index (χ0v) is 11.1. The molecule has 10 heteroatoms. The maximum atomic E-state index is 10.5. The maximum Gasteiger partial charge on any atom is 0.335 e. The summed E-state index contributed by atoms with van der Waals surface area (Å²) in [7, 11) is 0. The molecule has 0 aromatic heterocycles. The van der Waals surface area contributed by atoms with E-state index in [0.717, 1.165) is 0 Å². The Morgan fingerprint density at radius 2 is 1.71 bits per heavy atom. The molecule has 1 heterocycles. The zero-order valence-electron chi connectivity index (χ0n) is 11.1. The second-order valence-corrected chi connectivity index (χ2v) is 5.25. The molecule has 1 fully saturated rings. The zero-order chi connectivity index (χ0) is 16.3. The Kier molecular flexibility index (Phi) is 6.43. The van der Waals surface area contributed by atoms with Crippen molar-refractivity contribution in [1.29, 1.82) is 0 Å². The molecule has 21 heavy (non-hydrogen) atoms. The van der Waals surface area contributed by atoms with Gasteiger partial charge in [-0.15, -0.1) is 0 Å². The predicted molar refractivity (Wildman–Crippen MR) is 65.2 cm³/mol. The van der Waals surface area contributed by atoms with Crippen molar-refractivity contribution in [2.45, 2.75) is 42.7 Å². The molecule has 10 nitrogen and oxygen atoms in total. The van der Waals surface area contributed by atoms with Crippen LogP contribution >= 0.6 is 0 Å². The van der Waals surface area contributed by atoms with Gasteiger partial charge in [-0.3, -0.25) is 0 Å². The molecule has 0 aliphatic carbocycles. The van der Waals surface area contributed by atoms with Crippen molar-refractivity contribution in [2.75, 3.05) is 19.7 Å². The smallest absolute Gasteiger partial charge is 0.335 e. The second-order valence-electron chi connectivity index (χ2n) is 5.25. The molecule has 8 atom stereocenters. The van der Waals surface area contributed by atoms with Gasteiger partial charge in [-0.05, 0) is 0 Å². The van der Waals surface area contributed by atoms with E-state index in [4.69, 9.17) is 15.3 Å². The van der Waals surface area contributed by atoms with Gasteiger partial charge >= 0.3 is 5.97 Å². The summed E-state index contributed by atoms with van der Waals surface area (Å²) in [5.41, 5.74) is 0. The van der Waals surface area contributed by atoms with Crippen molar-refractivity contribution in [3.8, 4) is 0 Å². The first kappa shape index (κ1) is 18.2. The first-order valence-electron chi connectivity index (χ1n) is 6.47. The monoisotopic (exact) mass is 312 g/mol. The van der Waals surface area contributed by atoms with Crippen LogP contribution in [0.2, 0.25) is 0 Å². The fraction of sp³-hybridized carbons (Fsp3) is 0.909. The molecule has 0 bridgehead atoms. The minimum Gasteiger partial charge on any atom is -0.479 e. The number of aliphatic hydroxyl groups excluding tert-OH is 7. The third-order valence-corrected chi connectivity index (χ3v) is 3.79. The van der Waals surface area contributed by atoms with Gasteiger partial charge in [0.15, 0.2) is 6.10 Å². The van der Waals surface area contributed by atoms with Crippen LogP contribution < -0.4 is 4.90 Å². The van der Waals surface area contributed by atoms with Crippen molar-refractivity contribution < 1.29 is 50.5 Å². The van der Waals surface area contributed by atoms with E-state index in [2.05, 4.69) is 0 Å². The number of aliphatic carboxylic acids is 1. The summed E-state index contributed by atoms with van der Waals surface area (Å²) in [4.78, 5) is 10.9. The van der Waals surface area contributed by atoms with Crippen LogP contribution in [0, 0.1) is 0 Å². The number of carboxylic acids is 1. The summed E-state index contributed by atoms with van der Waals surface area (Å²) in [5.74, 6) is -1.75. The van der Waals surface area contributed by atoms with Gasteiger partial charge in [-0.25, -0.2) is 4.79 Å². The molecule has 1 aliphatic heterocycles. The maximum absolute atomic E-state index is 10.5. The number of carboxylic acid groups (broad SMARTS) is 1. The minimum atomic E-state index is -2.26. The Morgan fingerprint density at radius 3 is 2.19 bits per heavy atom. The Bertz CT molecular complexity index is 355. The Balaban J connectivity index is 2.63. The first-order valence-corrected chi connectivity index (χ1v) is 6.47. The average molecular weight is 312 g/mol. The van der Waals surface area contributed by atoms with Crippen LogP contribution in [0.1, 0.15) is 0 Å². The van der Waals surface area contributed by atoms with E-state index in [9.17, 15) is 30.3 Å². The lowest BCUT2D eigenvalue weighted by molar-refractivity contribution is -0.919. The van der Waals surface area contributed by atoms with Crippen LogP contribution in [-0.4, -0.2) is 109 Å². The minimum absolute atomic E-state index is 0.00769. The van der Waals surface area contributed by atoms with Gasteiger partial charge in [0.2, 0.25) is 0 Å². The van der Waals surface area contributed by atoms with Gasteiger partial charge in [0.05, 0.1) is 6.61 Å². The molecule has 0 aromatic rings. The van der Waals surface area contributed by atoms with Crippen LogP contribution in [0.4, 0.5) is 0 Å². The Hall–Kier alpha value is -0.850. The third-order valence-electron chi connectivity index (χ3n) is 3.79. The van der Waals surface area contributed by atoms with E-state index >= 15 is 0 Å². The molecular weight excluding hydrogens is 290 g/mol. The number of likely N-dealkylation sites (tertiary alicyclic amines) is 1. The average Bonchev–Trinajstić information content (AvgIpc) is 2.70. The summed E-state index contributed by atoms with van der Waals surface area (Å²) < 4.78 is 0. The highest BCUT2D eigenvalue weighted by atomic mass is 16.4. The highest BCUT2D eigenvalue weighted by molar-refractivity contribution is 5.72.